The highest BCUT2D eigenvalue weighted by Crippen LogP contribution is 2.35. The zero-order chi connectivity index (χ0) is 18.0. The molecule has 0 atom stereocenters. The zero-order valence-electron chi connectivity index (χ0n) is 12.7. The molecule has 1 aromatic heterocycles. The summed E-state index contributed by atoms with van der Waals surface area (Å²) in [4.78, 5) is 15.4. The third-order valence-corrected chi connectivity index (χ3v) is 4.61. The van der Waals surface area contributed by atoms with Crippen LogP contribution in [0.2, 0.25) is 0 Å². The minimum Gasteiger partial charge on any atom is -0.550 e. The number of alkyl halides is 3. The number of carbonyl (C=O) groups excluding carboxylic acids is 1. The average Bonchev–Trinajstić information content (AvgIpc) is 2.97. The minimum absolute atomic E-state index is 0.106. The Hall–Kier alpha value is -2.67. The third-order valence-electron chi connectivity index (χ3n) is 3.50. The van der Waals surface area contributed by atoms with E-state index >= 15 is 0 Å². The summed E-state index contributed by atoms with van der Waals surface area (Å²) < 4.78 is 40.3. The molecule has 3 aromatic rings. The quantitative estimate of drug-likeness (QED) is 0.705. The molecule has 1 heterocycles. The fraction of sp³-hybridized carbons (Fsp3) is 0.111. The molecule has 0 radical (unpaired) electrons. The van der Waals surface area contributed by atoms with Gasteiger partial charge in [0.2, 0.25) is 0 Å². The summed E-state index contributed by atoms with van der Waals surface area (Å²) in [7, 11) is 0. The summed E-state index contributed by atoms with van der Waals surface area (Å²) in [6.45, 7) is 0. The highest BCUT2D eigenvalue weighted by molar-refractivity contribution is 7.19. The van der Waals surface area contributed by atoms with Crippen molar-refractivity contribution >= 4 is 39.2 Å². The van der Waals surface area contributed by atoms with Gasteiger partial charge in [0, 0.05) is 12.4 Å². The highest BCUT2D eigenvalue weighted by Gasteiger charge is 2.32. The van der Waals surface area contributed by atoms with E-state index in [-0.39, 0.29) is 11.1 Å². The Labute approximate surface area is 145 Å². The van der Waals surface area contributed by atoms with Gasteiger partial charge in [-0.3, -0.25) is 0 Å². The first kappa shape index (κ1) is 17.2. The van der Waals surface area contributed by atoms with Crippen LogP contribution >= 0.6 is 11.3 Å². The molecule has 0 aliphatic heterocycles. The van der Waals surface area contributed by atoms with Crippen molar-refractivity contribution in [2.75, 3.05) is 0 Å². The number of nitrogens with zero attached hydrogens (tertiary/aromatic N) is 1. The van der Waals surface area contributed by atoms with Crippen LogP contribution in [-0.2, 0) is 11.0 Å². The smallest absolute Gasteiger partial charge is 0.416 e. The van der Waals surface area contributed by atoms with E-state index in [0.717, 1.165) is 10.8 Å². The maximum atomic E-state index is 13.2. The molecule has 0 aliphatic rings. The van der Waals surface area contributed by atoms with E-state index in [2.05, 4.69) is 4.98 Å². The molecule has 0 amide bonds. The van der Waals surface area contributed by atoms with Crippen molar-refractivity contribution in [3.05, 3.63) is 64.7 Å². The van der Waals surface area contributed by atoms with Crippen LogP contribution < -0.4 is 5.11 Å². The molecular weight excluding hydrogens is 351 g/mol. The van der Waals surface area contributed by atoms with Crippen molar-refractivity contribution in [3.63, 3.8) is 0 Å². The first-order valence-electron chi connectivity index (χ1n) is 7.27. The number of aromatic nitrogens is 1. The van der Waals surface area contributed by atoms with E-state index in [1.54, 1.807) is 12.1 Å². The Morgan fingerprint density at radius 2 is 1.80 bits per heavy atom. The summed E-state index contributed by atoms with van der Waals surface area (Å²) in [5, 5.41) is 11.4. The number of carboxylic acid groups (broad SMARTS) is 1. The minimum atomic E-state index is -4.53. The number of hydrogen-bond donors (Lipinski definition) is 0. The van der Waals surface area contributed by atoms with Crippen LogP contribution in [0, 0.1) is 0 Å². The third kappa shape index (κ3) is 3.88. The molecule has 0 aliphatic carbocycles. The van der Waals surface area contributed by atoms with Crippen molar-refractivity contribution in [2.45, 2.75) is 12.6 Å². The van der Waals surface area contributed by atoms with Gasteiger partial charge in [-0.15, -0.1) is 11.3 Å². The number of aliphatic carboxylic acids is 1. The molecule has 25 heavy (non-hydrogen) atoms. The number of carbonyl (C=O) groups is 1. The van der Waals surface area contributed by atoms with E-state index in [4.69, 9.17) is 0 Å². The summed E-state index contributed by atoms with van der Waals surface area (Å²) >= 11 is 1.23. The maximum absolute atomic E-state index is 13.2. The monoisotopic (exact) mass is 362 g/mol. The molecular formula is C18H11F3NO2S-. The Bertz CT molecular complexity index is 927. The Morgan fingerprint density at radius 1 is 1.12 bits per heavy atom. The molecule has 7 heteroatoms. The van der Waals surface area contributed by atoms with Crippen LogP contribution in [0.4, 0.5) is 13.2 Å². The molecule has 3 rings (SSSR count). The summed E-state index contributed by atoms with van der Waals surface area (Å²) in [5.41, 5.74) is -0.0915. The molecule has 0 bridgehead atoms. The van der Waals surface area contributed by atoms with Gasteiger partial charge in [-0.25, -0.2) is 4.98 Å². The van der Waals surface area contributed by atoms with E-state index in [9.17, 15) is 23.1 Å². The normalized spacial score (nSPS) is 12.5. The fourth-order valence-electron chi connectivity index (χ4n) is 2.42. The Balaban J connectivity index is 2.13. The van der Waals surface area contributed by atoms with Crippen molar-refractivity contribution < 1.29 is 23.1 Å². The number of fused-ring (bicyclic) bond motifs is 1. The number of rotatable bonds is 4. The van der Waals surface area contributed by atoms with Gasteiger partial charge in [0.15, 0.2) is 0 Å². The predicted molar refractivity (Wildman–Crippen MR) is 88.6 cm³/mol. The number of benzene rings is 2. The first-order valence-corrected chi connectivity index (χ1v) is 8.09. The van der Waals surface area contributed by atoms with Gasteiger partial charge in [-0.05, 0) is 35.4 Å². The number of carboxylic acids is 1. The van der Waals surface area contributed by atoms with Crippen molar-refractivity contribution in [1.82, 2.24) is 4.98 Å². The molecule has 0 N–H and O–H groups in total. The van der Waals surface area contributed by atoms with E-state index < -0.39 is 24.1 Å². The maximum Gasteiger partial charge on any atom is 0.416 e. The number of thiazole rings is 1. The van der Waals surface area contributed by atoms with Crippen LogP contribution in [-0.4, -0.2) is 11.0 Å². The lowest BCUT2D eigenvalue weighted by Gasteiger charge is -2.12. The molecule has 128 valence electrons. The van der Waals surface area contributed by atoms with Crippen molar-refractivity contribution in [1.29, 1.82) is 0 Å². The topological polar surface area (TPSA) is 53.0 Å². The standard InChI is InChI=1S/C18H12F3NO2S/c19-18(20,21)13-6-2-1-5-11(13)9-12(10-16(23)24)17-22-14-7-3-4-8-15(14)25-17/h1-9H,10H2,(H,23,24)/p-1/b12-9+. The van der Waals surface area contributed by atoms with E-state index in [1.165, 1.54) is 35.6 Å². The molecule has 0 saturated carbocycles. The van der Waals surface area contributed by atoms with Crippen LogP contribution in [0.25, 0.3) is 21.9 Å². The largest absolute Gasteiger partial charge is 0.550 e. The van der Waals surface area contributed by atoms with Crippen molar-refractivity contribution in [2.24, 2.45) is 0 Å². The highest BCUT2D eigenvalue weighted by atomic mass is 32.1. The lowest BCUT2D eigenvalue weighted by molar-refractivity contribution is -0.304. The summed E-state index contributed by atoms with van der Waals surface area (Å²) in [6.07, 6.45) is -3.84. The second-order valence-electron chi connectivity index (χ2n) is 5.29. The number of hydrogen-bond acceptors (Lipinski definition) is 4. The van der Waals surface area contributed by atoms with E-state index in [0.29, 0.717) is 10.5 Å². The molecule has 2 aromatic carbocycles. The van der Waals surface area contributed by atoms with Gasteiger partial charge in [0.25, 0.3) is 0 Å². The van der Waals surface area contributed by atoms with Gasteiger partial charge >= 0.3 is 6.18 Å². The first-order chi connectivity index (χ1) is 11.8. The molecule has 0 unspecified atom stereocenters. The second-order valence-corrected chi connectivity index (χ2v) is 6.32. The lowest BCUT2D eigenvalue weighted by atomic mass is 10.0. The summed E-state index contributed by atoms with van der Waals surface area (Å²) in [5.74, 6) is -1.38. The summed E-state index contributed by atoms with van der Waals surface area (Å²) in [6, 6.07) is 12.2. The van der Waals surface area contributed by atoms with Gasteiger partial charge in [-0.2, -0.15) is 13.2 Å². The van der Waals surface area contributed by atoms with Gasteiger partial charge in [0.05, 0.1) is 15.8 Å². The van der Waals surface area contributed by atoms with Gasteiger partial charge in [-0.1, -0.05) is 30.3 Å². The van der Waals surface area contributed by atoms with Crippen LogP contribution in [0.5, 0.6) is 0 Å². The second kappa shape index (κ2) is 6.68. The van der Waals surface area contributed by atoms with Gasteiger partial charge < -0.3 is 9.90 Å². The molecule has 3 nitrogen and oxygen atoms in total. The van der Waals surface area contributed by atoms with Crippen molar-refractivity contribution in [3.8, 4) is 0 Å². The van der Waals surface area contributed by atoms with Crippen LogP contribution in [0.1, 0.15) is 22.6 Å². The van der Waals surface area contributed by atoms with Crippen LogP contribution in [0.3, 0.4) is 0 Å². The number of para-hydroxylation sites is 1. The number of halogens is 3. The fourth-order valence-corrected chi connectivity index (χ4v) is 3.40. The molecule has 0 spiro atoms. The Morgan fingerprint density at radius 3 is 2.48 bits per heavy atom. The average molecular weight is 362 g/mol. The van der Waals surface area contributed by atoms with E-state index in [1.807, 2.05) is 12.1 Å². The molecule has 0 fully saturated rings. The van der Waals surface area contributed by atoms with Crippen LogP contribution in [0.15, 0.2) is 48.5 Å². The Kier molecular flexibility index (Phi) is 4.59. The zero-order valence-corrected chi connectivity index (χ0v) is 13.5. The SMILES string of the molecule is O=C([O-])C/C(=C\c1ccccc1C(F)(F)F)c1nc2ccccc2s1. The predicted octanol–water partition coefficient (Wildman–Crippen LogP) is 4.00. The molecule has 0 saturated heterocycles. The lowest BCUT2D eigenvalue weighted by Crippen LogP contribution is -2.22. The van der Waals surface area contributed by atoms with Gasteiger partial charge in [0.1, 0.15) is 5.01 Å².